The standard InChI is InChI=1S/C21H15B2FN6O2/c22-21(23)19-18(20(32)27-21)15(30-7-5-16(28-30)29-6-4-12(31)10-29)8-14(26-19)17-11(9-25)2-1-3-13(17)24/h1-3,5,7-8,12,31H,4,6,10H2,(H,27,32)/t12-/m1/s1. The monoisotopic (exact) mass is 424 g/mol. The molecule has 1 fully saturated rings. The van der Waals surface area contributed by atoms with Gasteiger partial charge in [0.05, 0.1) is 61.6 Å². The molecule has 5 rings (SSSR count). The van der Waals surface area contributed by atoms with Crippen molar-refractivity contribution in [1.82, 2.24) is 20.1 Å². The van der Waals surface area contributed by atoms with Crippen LogP contribution in [0.2, 0.25) is 0 Å². The molecule has 1 aromatic carbocycles. The number of aliphatic hydroxyl groups excluding tert-OH is 1. The Morgan fingerprint density at radius 1 is 1.31 bits per heavy atom. The van der Waals surface area contributed by atoms with E-state index in [9.17, 15) is 19.6 Å². The highest BCUT2D eigenvalue weighted by Crippen LogP contribution is 2.35. The van der Waals surface area contributed by atoms with E-state index in [0.717, 1.165) is 0 Å². The molecule has 2 aliphatic heterocycles. The van der Waals surface area contributed by atoms with E-state index >= 15 is 0 Å². The number of nitrogens with one attached hydrogen (secondary N) is 1. The van der Waals surface area contributed by atoms with Crippen LogP contribution < -0.4 is 10.2 Å². The molecule has 0 saturated carbocycles. The number of carbonyl (C=O) groups excluding carboxylic acids is 1. The molecule has 1 amide bonds. The summed E-state index contributed by atoms with van der Waals surface area (Å²) in [7, 11) is 12.1. The zero-order valence-corrected chi connectivity index (χ0v) is 16.8. The predicted molar refractivity (Wildman–Crippen MR) is 115 cm³/mol. The van der Waals surface area contributed by atoms with Gasteiger partial charge in [0.1, 0.15) is 5.82 Å². The number of fused-ring (bicyclic) bond motifs is 1. The molecule has 2 N–H and O–H groups in total. The van der Waals surface area contributed by atoms with Gasteiger partial charge in [0.15, 0.2) is 5.82 Å². The third kappa shape index (κ3) is 3.15. The maximum atomic E-state index is 14.7. The summed E-state index contributed by atoms with van der Waals surface area (Å²) in [5, 5.41) is 24.5. The molecule has 3 aromatic rings. The van der Waals surface area contributed by atoms with Crippen LogP contribution in [-0.4, -0.2) is 60.7 Å². The fourth-order valence-corrected chi connectivity index (χ4v) is 4.12. The van der Waals surface area contributed by atoms with Crippen LogP contribution in [0.4, 0.5) is 10.2 Å². The lowest BCUT2D eigenvalue weighted by Crippen LogP contribution is -2.40. The fraction of sp³-hybridized carbons (Fsp3) is 0.238. The number of benzene rings is 1. The van der Waals surface area contributed by atoms with Gasteiger partial charge in [0.2, 0.25) is 0 Å². The molecule has 0 bridgehead atoms. The van der Waals surface area contributed by atoms with E-state index in [1.54, 1.807) is 12.3 Å². The smallest absolute Gasteiger partial charge is 0.254 e. The summed E-state index contributed by atoms with van der Waals surface area (Å²) in [5.74, 6) is -0.573. The van der Waals surface area contributed by atoms with E-state index in [4.69, 9.17) is 15.7 Å². The highest BCUT2D eigenvalue weighted by molar-refractivity contribution is 6.42. The molecule has 2 aromatic heterocycles. The van der Waals surface area contributed by atoms with E-state index in [-0.39, 0.29) is 28.1 Å². The summed E-state index contributed by atoms with van der Waals surface area (Å²) in [6, 6.07) is 9.31. The van der Waals surface area contributed by atoms with Crippen molar-refractivity contribution < 1.29 is 14.3 Å². The third-order valence-corrected chi connectivity index (χ3v) is 5.64. The summed E-state index contributed by atoms with van der Waals surface area (Å²) in [6.45, 7) is 1.10. The zero-order valence-electron chi connectivity index (χ0n) is 16.8. The molecule has 4 heterocycles. The first-order valence-corrected chi connectivity index (χ1v) is 9.92. The van der Waals surface area contributed by atoms with Crippen LogP contribution in [0.1, 0.15) is 28.0 Å². The molecule has 0 aliphatic carbocycles. The summed E-state index contributed by atoms with van der Waals surface area (Å²) < 4.78 is 16.2. The molecule has 32 heavy (non-hydrogen) atoms. The maximum Gasteiger partial charge on any atom is 0.254 e. The van der Waals surface area contributed by atoms with Gasteiger partial charge in [0.25, 0.3) is 5.91 Å². The minimum Gasteiger partial charge on any atom is -0.391 e. The molecule has 154 valence electrons. The maximum absolute atomic E-state index is 14.7. The van der Waals surface area contributed by atoms with Gasteiger partial charge in [-0.05, 0) is 24.6 Å². The number of nitrogens with zero attached hydrogens (tertiary/aromatic N) is 5. The first-order chi connectivity index (χ1) is 15.3. The van der Waals surface area contributed by atoms with Gasteiger partial charge in [-0.3, -0.25) is 9.78 Å². The van der Waals surface area contributed by atoms with Crippen molar-refractivity contribution in [2.75, 3.05) is 18.0 Å². The summed E-state index contributed by atoms with van der Waals surface area (Å²) in [5.41, 5.74) is 0.578. The van der Waals surface area contributed by atoms with Gasteiger partial charge in [-0.25, -0.2) is 9.07 Å². The van der Waals surface area contributed by atoms with E-state index in [1.807, 2.05) is 11.0 Å². The number of carbonyl (C=O) groups is 1. The number of amides is 1. The van der Waals surface area contributed by atoms with Gasteiger partial charge in [-0.15, -0.1) is 0 Å². The Bertz CT molecular complexity index is 1300. The van der Waals surface area contributed by atoms with Crippen LogP contribution in [0.3, 0.4) is 0 Å². The van der Waals surface area contributed by atoms with Gasteiger partial charge < -0.3 is 15.3 Å². The Labute approximate surface area is 185 Å². The topological polar surface area (TPSA) is 107 Å². The molecule has 1 atom stereocenters. The van der Waals surface area contributed by atoms with Gasteiger partial charge >= 0.3 is 0 Å². The normalized spacial score (nSPS) is 19.0. The lowest BCUT2D eigenvalue weighted by Gasteiger charge is -2.20. The molecular weight excluding hydrogens is 409 g/mol. The first kappa shape index (κ1) is 20.3. The molecule has 0 spiro atoms. The van der Waals surface area contributed by atoms with Crippen LogP contribution in [0.25, 0.3) is 16.9 Å². The van der Waals surface area contributed by atoms with Crippen molar-refractivity contribution in [1.29, 1.82) is 5.26 Å². The number of aliphatic hydroxyl groups is 1. The number of nitriles is 1. The van der Waals surface area contributed by atoms with Crippen LogP contribution in [0.5, 0.6) is 0 Å². The van der Waals surface area contributed by atoms with Crippen LogP contribution >= 0.6 is 0 Å². The van der Waals surface area contributed by atoms with Crippen molar-refractivity contribution in [2.24, 2.45) is 0 Å². The number of halogens is 1. The zero-order chi connectivity index (χ0) is 22.6. The Morgan fingerprint density at radius 3 is 2.84 bits per heavy atom. The summed E-state index contributed by atoms with van der Waals surface area (Å²) in [6.07, 6.45) is 1.85. The summed E-state index contributed by atoms with van der Waals surface area (Å²) in [4.78, 5) is 19.0. The van der Waals surface area contributed by atoms with E-state index in [2.05, 4.69) is 15.4 Å². The van der Waals surface area contributed by atoms with Crippen molar-refractivity contribution in [3.63, 3.8) is 0 Å². The number of aromatic nitrogens is 3. The minimum absolute atomic E-state index is 0.0238. The molecule has 1 saturated heterocycles. The second kappa shape index (κ2) is 7.21. The van der Waals surface area contributed by atoms with Gasteiger partial charge in [-0.2, -0.15) is 10.4 Å². The average molecular weight is 424 g/mol. The Morgan fingerprint density at radius 2 is 2.12 bits per heavy atom. The minimum atomic E-state index is -1.77. The molecule has 11 heteroatoms. The summed E-state index contributed by atoms with van der Waals surface area (Å²) >= 11 is 0. The van der Waals surface area contributed by atoms with E-state index in [0.29, 0.717) is 31.0 Å². The number of β-amino-alcohol motifs (C(OH)–C–C–N with tert-alkyl or cyclic N) is 1. The second-order valence-corrected chi connectivity index (χ2v) is 7.85. The van der Waals surface area contributed by atoms with Crippen molar-refractivity contribution in [2.45, 2.75) is 17.9 Å². The highest BCUT2D eigenvalue weighted by Gasteiger charge is 2.39. The molecule has 0 unspecified atom stereocenters. The van der Waals surface area contributed by atoms with Gasteiger partial charge in [-0.1, -0.05) is 6.07 Å². The van der Waals surface area contributed by atoms with E-state index < -0.39 is 23.2 Å². The molecule has 4 radical (unpaired) electrons. The van der Waals surface area contributed by atoms with E-state index in [1.165, 1.54) is 28.9 Å². The molecule has 2 aliphatic rings. The molecule has 8 nitrogen and oxygen atoms in total. The molecular formula is C21H15B2FN6O2. The lowest BCUT2D eigenvalue weighted by molar-refractivity contribution is 0.0960. The van der Waals surface area contributed by atoms with Crippen LogP contribution in [-0.2, 0) is 5.34 Å². The number of hydrogen-bond acceptors (Lipinski definition) is 6. The Kier molecular flexibility index (Phi) is 4.57. The SMILES string of the molecule is [B]C1([B])NC(=O)c2c(-n3ccc(N4CC[C@@H](O)C4)n3)cc(-c3c(F)cccc3C#N)nc21. The second-order valence-electron chi connectivity index (χ2n) is 7.85. The largest absolute Gasteiger partial charge is 0.391 e. The number of pyridine rings is 1. The predicted octanol–water partition coefficient (Wildman–Crippen LogP) is 0.707. The van der Waals surface area contributed by atoms with Gasteiger partial charge in [0, 0.05) is 30.7 Å². The lowest BCUT2D eigenvalue weighted by atomic mass is 9.60. The van der Waals surface area contributed by atoms with Crippen molar-refractivity contribution in [3.8, 4) is 23.0 Å². The van der Waals surface area contributed by atoms with Crippen LogP contribution in [0, 0.1) is 17.1 Å². The highest BCUT2D eigenvalue weighted by atomic mass is 19.1. The van der Waals surface area contributed by atoms with Crippen molar-refractivity contribution >= 4 is 27.4 Å². The average Bonchev–Trinajstić information content (AvgIpc) is 3.45. The Hall–Kier alpha value is -3.64. The quantitative estimate of drug-likeness (QED) is 0.600. The number of hydrogen-bond donors (Lipinski definition) is 2. The van der Waals surface area contributed by atoms with Crippen LogP contribution in [0.15, 0.2) is 36.5 Å². The number of rotatable bonds is 3. The fourth-order valence-electron chi connectivity index (χ4n) is 4.12. The third-order valence-electron chi connectivity index (χ3n) is 5.64. The number of anilines is 1. The Balaban J connectivity index is 1.71. The first-order valence-electron chi connectivity index (χ1n) is 9.92. The van der Waals surface area contributed by atoms with Crippen molar-refractivity contribution in [3.05, 3.63) is 59.2 Å².